The van der Waals surface area contributed by atoms with Crippen molar-refractivity contribution in [1.82, 2.24) is 0 Å². The van der Waals surface area contributed by atoms with Crippen LogP contribution in [-0.4, -0.2) is 44.6 Å². The minimum atomic E-state index is -1.17. The summed E-state index contributed by atoms with van der Waals surface area (Å²) in [5.41, 5.74) is -0.0645. The number of aliphatic hydroxyl groups is 1. The van der Waals surface area contributed by atoms with Crippen LogP contribution in [0.1, 0.15) is 54.1 Å². The molecule has 3 N–H and O–H groups in total. The third-order valence-corrected chi connectivity index (χ3v) is 4.66. The van der Waals surface area contributed by atoms with Crippen molar-refractivity contribution in [2.45, 2.75) is 33.8 Å². The zero-order chi connectivity index (χ0) is 22.2. The van der Waals surface area contributed by atoms with E-state index in [9.17, 15) is 20.1 Å². The quantitative estimate of drug-likeness (QED) is 0.453. The Morgan fingerprint density at radius 3 is 2.17 bits per heavy atom. The van der Waals surface area contributed by atoms with Crippen LogP contribution in [0.15, 0.2) is 16.5 Å². The molecule has 5 nitrogen and oxygen atoms in total. The molecule has 0 spiro atoms. The van der Waals surface area contributed by atoms with Gasteiger partial charge in [0, 0.05) is 10.9 Å². The largest absolute Gasteiger partial charge is 0.509 e. The fourth-order valence-corrected chi connectivity index (χ4v) is 3.21. The van der Waals surface area contributed by atoms with Crippen molar-refractivity contribution < 1.29 is 24.5 Å². The van der Waals surface area contributed by atoms with E-state index in [1.54, 1.807) is 6.92 Å². The summed E-state index contributed by atoms with van der Waals surface area (Å²) >= 11 is 5.97. The molecule has 0 aliphatic rings. The van der Waals surface area contributed by atoms with Crippen molar-refractivity contribution in [3.05, 3.63) is 39.6 Å². The van der Waals surface area contributed by atoms with Gasteiger partial charge in [0.1, 0.15) is 52.5 Å². The van der Waals surface area contributed by atoms with E-state index >= 15 is 0 Å². The second kappa shape index (κ2) is 8.60. The van der Waals surface area contributed by atoms with Gasteiger partial charge < -0.3 is 19.7 Å². The molecule has 0 saturated carbocycles. The summed E-state index contributed by atoms with van der Waals surface area (Å²) in [5, 5.41) is 30.0. The van der Waals surface area contributed by atoms with Crippen LogP contribution in [-0.2, 0) is 0 Å². The van der Waals surface area contributed by atoms with Crippen LogP contribution < -0.4 is 16.4 Å². The number of phenols is 2. The molecule has 6 radical (unpaired) electrons. The van der Waals surface area contributed by atoms with E-state index < -0.39 is 17.6 Å². The number of fused-ring (bicyclic) bond motifs is 1. The van der Waals surface area contributed by atoms with Gasteiger partial charge >= 0.3 is 0 Å². The third-order valence-electron chi connectivity index (χ3n) is 4.37. The van der Waals surface area contributed by atoms with E-state index in [2.05, 4.69) is 0 Å². The van der Waals surface area contributed by atoms with Gasteiger partial charge in [-0.1, -0.05) is 36.4 Å². The zero-order valence-corrected chi connectivity index (χ0v) is 17.3. The average Bonchev–Trinajstić information content (AvgIpc) is 3.10. The maximum Gasteiger partial charge on any atom is 0.197 e. The predicted molar refractivity (Wildman–Crippen MR) is 117 cm³/mol. The molecule has 0 amide bonds. The number of phenolic OH excluding ortho intramolecular Hbond substituents is 2. The Labute approximate surface area is 177 Å². The lowest BCUT2D eigenvalue weighted by Gasteiger charge is -2.11. The van der Waals surface area contributed by atoms with E-state index in [0.717, 1.165) is 0 Å². The molecule has 1 unspecified atom stereocenters. The number of hydrogen-bond donors (Lipinski definition) is 3. The molecule has 144 valence electrons. The molecule has 0 bridgehead atoms. The Hall–Kier alpha value is -2.31. The number of hydrogen-bond acceptors (Lipinski definition) is 5. The van der Waals surface area contributed by atoms with Crippen molar-refractivity contribution in [3.63, 3.8) is 0 Å². The van der Waals surface area contributed by atoms with Crippen LogP contribution in [0, 0.1) is 6.92 Å². The van der Waals surface area contributed by atoms with Gasteiger partial charge in [0.25, 0.3) is 0 Å². The molecule has 0 fully saturated rings. The number of aliphatic hydroxyl groups excluding tert-OH is 1. The van der Waals surface area contributed by atoms with Gasteiger partial charge in [-0.15, -0.1) is 0 Å². The van der Waals surface area contributed by atoms with Gasteiger partial charge in [-0.2, -0.15) is 0 Å². The number of halogens is 1. The molecule has 2 aromatic carbocycles. The second-order valence-corrected chi connectivity index (χ2v) is 6.67. The van der Waals surface area contributed by atoms with Crippen LogP contribution in [0.4, 0.5) is 0 Å². The molecular weight excluding hydrogens is 388 g/mol. The molecular formula is C20H18B3ClO5. The van der Waals surface area contributed by atoms with Crippen LogP contribution >= 0.6 is 11.6 Å². The molecule has 3 rings (SSSR count). The topological polar surface area (TPSA) is 90.9 Å². The number of aromatic hydroxyl groups is 2. The first-order valence-electron chi connectivity index (χ1n) is 8.89. The molecule has 0 aliphatic heterocycles. The van der Waals surface area contributed by atoms with Gasteiger partial charge in [0.15, 0.2) is 5.78 Å². The molecule has 9 heteroatoms. The molecule has 1 aromatic heterocycles. The van der Waals surface area contributed by atoms with Crippen LogP contribution in [0.25, 0.3) is 11.0 Å². The maximum absolute atomic E-state index is 13.2. The summed E-state index contributed by atoms with van der Waals surface area (Å²) in [6, 6.07) is 2.73. The summed E-state index contributed by atoms with van der Waals surface area (Å²) in [7, 11) is 17.6. The maximum atomic E-state index is 13.2. The molecule has 3 aromatic rings. The van der Waals surface area contributed by atoms with Gasteiger partial charge in [-0.25, -0.2) is 0 Å². The van der Waals surface area contributed by atoms with Crippen molar-refractivity contribution in [2.24, 2.45) is 0 Å². The molecule has 0 aliphatic carbocycles. The fourth-order valence-electron chi connectivity index (χ4n) is 2.94. The van der Waals surface area contributed by atoms with Crippen molar-refractivity contribution >= 4 is 68.3 Å². The Balaban J connectivity index is 0.00000145. The lowest BCUT2D eigenvalue weighted by Crippen LogP contribution is -2.32. The molecule has 0 saturated heterocycles. The number of carbonyl (C=O) groups is 1. The fraction of sp³-hybridized carbons (Fsp3) is 0.250. The van der Waals surface area contributed by atoms with Crippen LogP contribution in [0.5, 0.6) is 11.5 Å². The first kappa shape index (κ1) is 23.0. The highest BCUT2D eigenvalue weighted by atomic mass is 35.5. The van der Waals surface area contributed by atoms with E-state index in [1.165, 1.54) is 19.1 Å². The molecule has 1 atom stereocenters. The lowest BCUT2D eigenvalue weighted by atomic mass is 9.73. The van der Waals surface area contributed by atoms with Crippen LogP contribution in [0.3, 0.4) is 0 Å². The van der Waals surface area contributed by atoms with E-state index in [4.69, 9.17) is 39.6 Å². The van der Waals surface area contributed by atoms with Gasteiger partial charge in [0.2, 0.25) is 0 Å². The number of aryl methyl sites for hydroxylation is 1. The normalized spacial score (nSPS) is 11.8. The SMILES string of the molecule is CC.[B]c1c(O)c([B])c2oc(C(C)O)c(C(=O)c3cc(C)c(O)c(Cl)c3)c2c1[B]. The third kappa shape index (κ3) is 3.79. The Morgan fingerprint density at radius 2 is 1.66 bits per heavy atom. The summed E-state index contributed by atoms with van der Waals surface area (Å²) in [6.07, 6.45) is -1.17. The minimum Gasteiger partial charge on any atom is -0.509 e. The van der Waals surface area contributed by atoms with Crippen LogP contribution in [0.2, 0.25) is 5.02 Å². The summed E-state index contributed by atoms with van der Waals surface area (Å²) < 4.78 is 5.56. The van der Waals surface area contributed by atoms with E-state index in [-0.39, 0.29) is 55.0 Å². The number of furan rings is 1. The first-order valence-corrected chi connectivity index (χ1v) is 9.27. The Kier molecular flexibility index (Phi) is 6.81. The first-order chi connectivity index (χ1) is 13.6. The van der Waals surface area contributed by atoms with Crippen molar-refractivity contribution in [1.29, 1.82) is 0 Å². The number of ketones is 1. The summed E-state index contributed by atoms with van der Waals surface area (Å²) in [6.45, 7) is 6.99. The van der Waals surface area contributed by atoms with E-state index in [0.29, 0.717) is 5.56 Å². The number of carbonyl (C=O) groups excluding carboxylic acids is 1. The van der Waals surface area contributed by atoms with Crippen molar-refractivity contribution in [2.75, 3.05) is 0 Å². The highest BCUT2D eigenvalue weighted by molar-refractivity contribution is 6.58. The number of benzene rings is 2. The highest BCUT2D eigenvalue weighted by Crippen LogP contribution is 2.34. The van der Waals surface area contributed by atoms with Gasteiger partial charge in [-0.3, -0.25) is 4.79 Å². The minimum absolute atomic E-state index is 0.00519. The average molecular weight is 406 g/mol. The predicted octanol–water partition coefficient (Wildman–Crippen LogP) is 1.50. The smallest absolute Gasteiger partial charge is 0.197 e. The zero-order valence-electron chi connectivity index (χ0n) is 16.5. The Bertz CT molecular complexity index is 1080. The molecule has 29 heavy (non-hydrogen) atoms. The summed E-state index contributed by atoms with van der Waals surface area (Å²) in [5.74, 6) is -1.25. The van der Waals surface area contributed by atoms with Gasteiger partial charge in [0.05, 0.1) is 10.6 Å². The standard InChI is InChI=1S/C18H12B3ClO5.C2H6/c1-5-3-7(4-8(22)14(5)24)15(25)10-9-11(19)12(20)16(26)13(21)18(9)27-17(10)6(2)23;1-2/h3-4,6,23-24,26H,1-2H3;1-2H3. The second-order valence-electron chi connectivity index (χ2n) is 6.26. The molecule has 1 heterocycles. The highest BCUT2D eigenvalue weighted by Gasteiger charge is 2.28. The van der Waals surface area contributed by atoms with Crippen molar-refractivity contribution in [3.8, 4) is 11.5 Å². The number of rotatable bonds is 3. The lowest BCUT2D eigenvalue weighted by molar-refractivity contribution is 0.102. The Morgan fingerprint density at radius 1 is 1.07 bits per heavy atom. The van der Waals surface area contributed by atoms with E-state index in [1.807, 2.05) is 13.8 Å². The summed E-state index contributed by atoms with van der Waals surface area (Å²) in [4.78, 5) is 13.2. The monoisotopic (exact) mass is 406 g/mol. The van der Waals surface area contributed by atoms with Gasteiger partial charge in [-0.05, 0) is 37.0 Å².